The second-order valence-corrected chi connectivity index (χ2v) is 11.8. The molecular formula is C33H35N5OS. The Hall–Kier alpha value is -3.68. The minimum absolute atomic E-state index is 0.0603. The fraction of sp³-hybridized carbons (Fsp3) is 0.303. The predicted molar refractivity (Wildman–Crippen MR) is 163 cm³/mol. The molecule has 1 amide bonds. The van der Waals surface area contributed by atoms with Gasteiger partial charge < -0.3 is 15.5 Å². The van der Waals surface area contributed by atoms with Gasteiger partial charge in [-0.05, 0) is 98.4 Å². The van der Waals surface area contributed by atoms with Gasteiger partial charge in [0, 0.05) is 46.6 Å². The van der Waals surface area contributed by atoms with Crippen LogP contribution in [-0.4, -0.2) is 47.0 Å². The maximum absolute atomic E-state index is 11.3. The highest BCUT2D eigenvalue weighted by Gasteiger charge is 2.27. The van der Waals surface area contributed by atoms with E-state index in [0.717, 1.165) is 48.2 Å². The van der Waals surface area contributed by atoms with Gasteiger partial charge in [-0.25, -0.2) is 9.97 Å². The molecule has 2 heterocycles. The molecule has 6 rings (SSSR count). The van der Waals surface area contributed by atoms with E-state index < -0.39 is 0 Å². The molecule has 7 heteroatoms. The lowest BCUT2D eigenvalue weighted by molar-refractivity contribution is -0.114. The Labute approximate surface area is 240 Å². The molecule has 1 saturated heterocycles. The Morgan fingerprint density at radius 2 is 1.70 bits per heavy atom. The van der Waals surface area contributed by atoms with Crippen molar-refractivity contribution in [2.45, 2.75) is 48.3 Å². The molecule has 1 aliphatic carbocycles. The van der Waals surface area contributed by atoms with E-state index in [1.54, 1.807) is 11.8 Å². The summed E-state index contributed by atoms with van der Waals surface area (Å²) < 4.78 is 0. The number of likely N-dealkylation sites (tertiary alicyclic amines) is 1. The molecule has 2 N–H and O–H groups in total. The molecule has 1 aromatic heterocycles. The van der Waals surface area contributed by atoms with Gasteiger partial charge in [0.05, 0.1) is 5.69 Å². The smallest absolute Gasteiger partial charge is 0.223 e. The predicted octanol–water partition coefficient (Wildman–Crippen LogP) is 6.84. The second kappa shape index (κ2) is 12.2. The maximum Gasteiger partial charge on any atom is 0.223 e. The summed E-state index contributed by atoms with van der Waals surface area (Å²) in [7, 11) is 0. The summed E-state index contributed by atoms with van der Waals surface area (Å²) in [5.74, 6) is 0.928. The van der Waals surface area contributed by atoms with Crippen LogP contribution in [0.5, 0.6) is 0 Å². The summed E-state index contributed by atoms with van der Waals surface area (Å²) in [6.07, 6.45) is 6.68. The number of carbonyl (C=O) groups is 1. The van der Waals surface area contributed by atoms with Gasteiger partial charge in [0.1, 0.15) is 0 Å². The van der Waals surface area contributed by atoms with Crippen molar-refractivity contribution in [2.24, 2.45) is 0 Å². The van der Waals surface area contributed by atoms with Gasteiger partial charge >= 0.3 is 0 Å². The summed E-state index contributed by atoms with van der Waals surface area (Å²) in [5, 5.41) is 6.28. The number of anilines is 2. The number of nitrogens with zero attached hydrogens (tertiary/aromatic N) is 3. The summed E-state index contributed by atoms with van der Waals surface area (Å²) in [6, 6.07) is 25.5. The number of amides is 1. The first-order valence-corrected chi connectivity index (χ1v) is 15.0. The molecule has 0 saturated carbocycles. The molecule has 1 unspecified atom stereocenters. The molecule has 40 heavy (non-hydrogen) atoms. The van der Waals surface area contributed by atoms with Crippen LogP contribution >= 0.6 is 11.8 Å². The van der Waals surface area contributed by atoms with E-state index in [9.17, 15) is 4.79 Å². The van der Waals surface area contributed by atoms with E-state index in [1.807, 2.05) is 30.5 Å². The maximum atomic E-state index is 11.3. The van der Waals surface area contributed by atoms with E-state index >= 15 is 0 Å². The third kappa shape index (κ3) is 6.21. The number of hydrogen-bond donors (Lipinski definition) is 2. The van der Waals surface area contributed by atoms with E-state index in [0.29, 0.717) is 0 Å². The Morgan fingerprint density at radius 1 is 0.975 bits per heavy atom. The minimum atomic E-state index is -0.0603. The largest absolute Gasteiger partial charge is 0.354 e. The van der Waals surface area contributed by atoms with Gasteiger partial charge in [-0.1, -0.05) is 48.2 Å². The van der Waals surface area contributed by atoms with Crippen LogP contribution in [0.1, 0.15) is 48.8 Å². The van der Waals surface area contributed by atoms with Crippen molar-refractivity contribution < 1.29 is 4.79 Å². The second-order valence-electron chi connectivity index (χ2n) is 10.6. The highest BCUT2D eigenvalue weighted by Crippen LogP contribution is 2.42. The lowest BCUT2D eigenvalue weighted by Crippen LogP contribution is -2.22. The Morgan fingerprint density at radius 3 is 2.45 bits per heavy atom. The number of aromatic nitrogens is 2. The molecule has 4 aromatic rings. The first kappa shape index (κ1) is 26.5. The summed E-state index contributed by atoms with van der Waals surface area (Å²) in [6.45, 7) is 6.04. The average Bonchev–Trinajstić information content (AvgIpc) is 3.50. The zero-order valence-electron chi connectivity index (χ0n) is 22.9. The van der Waals surface area contributed by atoms with Crippen LogP contribution in [0.2, 0.25) is 0 Å². The molecule has 2 aliphatic rings. The number of fused-ring (bicyclic) bond motifs is 3. The minimum Gasteiger partial charge on any atom is -0.354 e. The molecule has 0 bridgehead atoms. The molecule has 0 radical (unpaired) electrons. The SMILES string of the molecule is CC(=O)Nc1ccc(Sc2ccc(C3Cc4cnc(NCCCN5CCCC5)nc4-c4ccccc43)cc2)cc1. The van der Waals surface area contributed by atoms with Crippen LogP contribution in [0.4, 0.5) is 11.6 Å². The van der Waals surface area contributed by atoms with Crippen LogP contribution in [-0.2, 0) is 11.2 Å². The zero-order chi connectivity index (χ0) is 27.3. The number of rotatable bonds is 9. The van der Waals surface area contributed by atoms with E-state index in [1.165, 1.54) is 60.0 Å². The molecular weight excluding hydrogens is 514 g/mol. The first-order valence-electron chi connectivity index (χ1n) is 14.2. The van der Waals surface area contributed by atoms with E-state index in [-0.39, 0.29) is 11.8 Å². The van der Waals surface area contributed by atoms with Crippen molar-refractivity contribution in [3.05, 3.63) is 95.7 Å². The third-order valence-corrected chi connectivity index (χ3v) is 8.72. The highest BCUT2D eigenvalue weighted by atomic mass is 32.2. The van der Waals surface area contributed by atoms with Gasteiger partial charge in [-0.15, -0.1) is 0 Å². The number of carbonyl (C=O) groups excluding carboxylic acids is 1. The van der Waals surface area contributed by atoms with E-state index in [2.05, 4.69) is 69.0 Å². The molecule has 3 aromatic carbocycles. The molecule has 6 nitrogen and oxygen atoms in total. The van der Waals surface area contributed by atoms with Crippen LogP contribution in [0.3, 0.4) is 0 Å². The van der Waals surface area contributed by atoms with Crippen LogP contribution < -0.4 is 10.6 Å². The van der Waals surface area contributed by atoms with Gasteiger partial charge in [-0.3, -0.25) is 4.79 Å². The molecule has 1 atom stereocenters. The molecule has 1 fully saturated rings. The molecule has 1 aliphatic heterocycles. The lowest BCUT2D eigenvalue weighted by atomic mass is 9.78. The van der Waals surface area contributed by atoms with Crippen LogP contribution in [0.15, 0.2) is 88.8 Å². The van der Waals surface area contributed by atoms with Crippen LogP contribution in [0.25, 0.3) is 11.3 Å². The van der Waals surface area contributed by atoms with Crippen molar-refractivity contribution in [1.82, 2.24) is 14.9 Å². The van der Waals surface area contributed by atoms with Crippen molar-refractivity contribution in [2.75, 3.05) is 36.8 Å². The number of nitrogens with one attached hydrogen (secondary N) is 2. The standard InChI is InChI=1S/C33H35N5OS/c1-23(39)36-26-11-15-28(16-12-26)40-27-13-9-24(10-14-27)31-21-25-22-35-33(34-17-6-20-38-18-4-5-19-38)37-32(25)30-8-3-2-7-29(30)31/h2-3,7-16,22,31H,4-6,17-21H2,1H3,(H,36,39)(H,34,35,37). The fourth-order valence-corrected chi connectivity index (χ4v) is 6.56. The topological polar surface area (TPSA) is 70.2 Å². The van der Waals surface area contributed by atoms with Gasteiger partial charge in [-0.2, -0.15) is 0 Å². The zero-order valence-corrected chi connectivity index (χ0v) is 23.7. The van der Waals surface area contributed by atoms with Crippen molar-refractivity contribution in [3.8, 4) is 11.3 Å². The quantitative estimate of drug-likeness (QED) is 0.223. The van der Waals surface area contributed by atoms with Crippen molar-refractivity contribution in [1.29, 1.82) is 0 Å². The number of benzene rings is 3. The molecule has 0 spiro atoms. The monoisotopic (exact) mass is 549 g/mol. The summed E-state index contributed by atoms with van der Waals surface area (Å²) in [5.41, 5.74) is 6.89. The Bertz CT molecular complexity index is 1470. The number of hydrogen-bond acceptors (Lipinski definition) is 6. The average molecular weight is 550 g/mol. The summed E-state index contributed by atoms with van der Waals surface area (Å²) in [4.78, 5) is 25.8. The van der Waals surface area contributed by atoms with E-state index in [4.69, 9.17) is 4.98 Å². The third-order valence-electron chi connectivity index (χ3n) is 7.71. The lowest BCUT2D eigenvalue weighted by Gasteiger charge is -2.27. The Balaban J connectivity index is 1.14. The highest BCUT2D eigenvalue weighted by molar-refractivity contribution is 7.99. The van der Waals surface area contributed by atoms with Gasteiger partial charge in [0.15, 0.2) is 0 Å². The van der Waals surface area contributed by atoms with Gasteiger partial charge in [0.25, 0.3) is 0 Å². The van der Waals surface area contributed by atoms with Crippen LogP contribution in [0, 0.1) is 0 Å². The summed E-state index contributed by atoms with van der Waals surface area (Å²) >= 11 is 1.72. The van der Waals surface area contributed by atoms with Crippen molar-refractivity contribution in [3.63, 3.8) is 0 Å². The molecule has 204 valence electrons. The van der Waals surface area contributed by atoms with Crippen molar-refractivity contribution >= 4 is 29.3 Å². The Kier molecular flexibility index (Phi) is 8.11. The van der Waals surface area contributed by atoms with Gasteiger partial charge in [0.2, 0.25) is 11.9 Å². The normalized spacial score (nSPS) is 16.3. The fourth-order valence-electron chi connectivity index (χ4n) is 5.74. The first-order chi connectivity index (χ1) is 19.6.